The first-order chi connectivity index (χ1) is 9.73. The summed E-state index contributed by atoms with van der Waals surface area (Å²) in [5.41, 5.74) is -0.0622. The first kappa shape index (κ1) is 17.8. The Balaban J connectivity index is 2.42. The van der Waals surface area contributed by atoms with Crippen molar-refractivity contribution in [2.45, 2.75) is 53.4 Å². The maximum absolute atomic E-state index is 12.1. The van der Waals surface area contributed by atoms with E-state index < -0.39 is 11.9 Å². The number of carbonyl (C=O) groups excluding carboxylic acids is 1. The summed E-state index contributed by atoms with van der Waals surface area (Å²) in [6.45, 7) is 9.99. The standard InChI is InChI=1S/C16H30N2O3/c1-5-12-6-8-18(9-7-12)15(21)17-11-13(14(19)20)10-16(2,3)4/h12-13H,5-11H2,1-4H3,(H,17,21)(H,19,20). The third kappa shape index (κ3) is 6.36. The molecule has 0 aromatic heterocycles. The van der Waals surface area contributed by atoms with Crippen molar-refractivity contribution in [1.82, 2.24) is 10.2 Å². The Morgan fingerprint density at radius 3 is 2.29 bits per heavy atom. The van der Waals surface area contributed by atoms with Crippen molar-refractivity contribution in [2.24, 2.45) is 17.3 Å². The van der Waals surface area contributed by atoms with Gasteiger partial charge in [0.25, 0.3) is 0 Å². The summed E-state index contributed by atoms with van der Waals surface area (Å²) in [5, 5.41) is 12.1. The van der Waals surface area contributed by atoms with Crippen molar-refractivity contribution in [3.05, 3.63) is 0 Å². The predicted octanol–water partition coefficient (Wildman–Crippen LogP) is 2.96. The summed E-state index contributed by atoms with van der Waals surface area (Å²) < 4.78 is 0. The lowest BCUT2D eigenvalue weighted by atomic mass is 9.84. The number of hydrogen-bond acceptors (Lipinski definition) is 2. The number of nitrogens with zero attached hydrogens (tertiary/aromatic N) is 1. The maximum Gasteiger partial charge on any atom is 0.317 e. The van der Waals surface area contributed by atoms with Crippen LogP contribution in [-0.4, -0.2) is 41.6 Å². The summed E-state index contributed by atoms with van der Waals surface area (Å²) in [6.07, 6.45) is 3.82. The van der Waals surface area contributed by atoms with Crippen LogP contribution in [0.15, 0.2) is 0 Å². The van der Waals surface area contributed by atoms with E-state index in [4.69, 9.17) is 0 Å². The molecule has 5 heteroatoms. The van der Waals surface area contributed by atoms with Gasteiger partial charge in [0, 0.05) is 19.6 Å². The van der Waals surface area contributed by atoms with Gasteiger partial charge in [-0.25, -0.2) is 4.79 Å². The van der Waals surface area contributed by atoms with E-state index in [0.29, 0.717) is 6.42 Å². The number of urea groups is 1. The molecule has 5 nitrogen and oxygen atoms in total. The van der Waals surface area contributed by atoms with Gasteiger partial charge in [0.15, 0.2) is 0 Å². The lowest BCUT2D eigenvalue weighted by Gasteiger charge is -2.32. The summed E-state index contributed by atoms with van der Waals surface area (Å²) in [6, 6.07) is -0.121. The van der Waals surface area contributed by atoms with Crippen molar-refractivity contribution in [3.63, 3.8) is 0 Å². The van der Waals surface area contributed by atoms with Crippen LogP contribution in [0.3, 0.4) is 0 Å². The van der Waals surface area contributed by atoms with E-state index in [1.807, 2.05) is 25.7 Å². The topological polar surface area (TPSA) is 69.6 Å². The Labute approximate surface area is 128 Å². The molecule has 1 atom stereocenters. The number of piperidine rings is 1. The van der Waals surface area contributed by atoms with Gasteiger partial charge in [0.05, 0.1) is 5.92 Å². The van der Waals surface area contributed by atoms with E-state index in [1.165, 1.54) is 6.42 Å². The molecule has 1 aliphatic heterocycles. The largest absolute Gasteiger partial charge is 0.481 e. The average Bonchev–Trinajstić information content (AvgIpc) is 2.41. The van der Waals surface area contributed by atoms with Gasteiger partial charge < -0.3 is 15.3 Å². The van der Waals surface area contributed by atoms with Crippen molar-refractivity contribution in [2.75, 3.05) is 19.6 Å². The van der Waals surface area contributed by atoms with Gasteiger partial charge in [-0.05, 0) is 30.6 Å². The smallest absolute Gasteiger partial charge is 0.317 e. The van der Waals surface area contributed by atoms with Gasteiger partial charge in [-0.3, -0.25) is 4.79 Å². The predicted molar refractivity (Wildman–Crippen MR) is 83.2 cm³/mol. The van der Waals surface area contributed by atoms with Crippen molar-refractivity contribution in [3.8, 4) is 0 Å². The van der Waals surface area contributed by atoms with Gasteiger partial charge in [0.1, 0.15) is 0 Å². The zero-order valence-corrected chi connectivity index (χ0v) is 13.8. The zero-order valence-electron chi connectivity index (χ0n) is 13.8. The molecule has 1 aliphatic rings. The third-order valence-electron chi connectivity index (χ3n) is 4.19. The minimum Gasteiger partial charge on any atom is -0.481 e. The quantitative estimate of drug-likeness (QED) is 0.820. The van der Waals surface area contributed by atoms with Crippen molar-refractivity contribution >= 4 is 12.0 Å². The second-order valence-corrected chi connectivity index (χ2v) is 7.32. The van der Waals surface area contributed by atoms with Crippen LogP contribution >= 0.6 is 0 Å². The SMILES string of the molecule is CCC1CCN(C(=O)NCC(CC(C)(C)C)C(=O)O)CC1. The van der Waals surface area contributed by atoms with Gasteiger partial charge in [-0.1, -0.05) is 34.1 Å². The number of likely N-dealkylation sites (tertiary alicyclic amines) is 1. The second kappa shape index (κ2) is 7.66. The summed E-state index contributed by atoms with van der Waals surface area (Å²) >= 11 is 0. The number of aliphatic carboxylic acids is 1. The Bertz CT molecular complexity index is 355. The molecule has 1 heterocycles. The Morgan fingerprint density at radius 1 is 1.29 bits per heavy atom. The Morgan fingerprint density at radius 2 is 1.86 bits per heavy atom. The highest BCUT2D eigenvalue weighted by atomic mass is 16.4. The monoisotopic (exact) mass is 298 g/mol. The van der Waals surface area contributed by atoms with E-state index in [-0.39, 0.29) is 18.0 Å². The minimum atomic E-state index is -0.838. The van der Waals surface area contributed by atoms with Crippen LogP contribution in [0.25, 0.3) is 0 Å². The summed E-state index contributed by atoms with van der Waals surface area (Å²) in [7, 11) is 0. The number of carboxylic acids is 1. The molecule has 21 heavy (non-hydrogen) atoms. The van der Waals surface area contributed by atoms with Crippen LogP contribution in [-0.2, 0) is 4.79 Å². The lowest BCUT2D eigenvalue weighted by molar-refractivity contribution is -0.142. The fraction of sp³-hybridized carbons (Fsp3) is 0.875. The molecular weight excluding hydrogens is 268 g/mol. The number of hydrogen-bond donors (Lipinski definition) is 2. The van der Waals surface area contributed by atoms with Gasteiger partial charge in [0.2, 0.25) is 0 Å². The molecule has 1 saturated heterocycles. The van der Waals surface area contributed by atoms with Crippen LogP contribution in [0.4, 0.5) is 4.79 Å². The van der Waals surface area contributed by atoms with Crippen molar-refractivity contribution in [1.29, 1.82) is 0 Å². The highest BCUT2D eigenvalue weighted by Crippen LogP contribution is 2.24. The fourth-order valence-electron chi connectivity index (χ4n) is 2.85. The molecule has 0 aromatic rings. The number of carbonyl (C=O) groups is 2. The number of nitrogens with one attached hydrogen (secondary N) is 1. The van der Waals surface area contributed by atoms with E-state index in [0.717, 1.165) is 31.8 Å². The van der Waals surface area contributed by atoms with Crippen LogP contribution in [0, 0.1) is 17.3 Å². The number of carboxylic acid groups (broad SMARTS) is 1. The molecule has 0 bridgehead atoms. The van der Waals surface area contributed by atoms with Crippen LogP contribution < -0.4 is 5.32 Å². The molecule has 2 amide bonds. The number of amides is 2. The van der Waals surface area contributed by atoms with E-state index in [9.17, 15) is 14.7 Å². The highest BCUT2D eigenvalue weighted by Gasteiger charge is 2.27. The molecule has 2 N–H and O–H groups in total. The Hall–Kier alpha value is -1.26. The molecular formula is C16H30N2O3. The van der Waals surface area contributed by atoms with Gasteiger partial charge in [-0.2, -0.15) is 0 Å². The third-order valence-corrected chi connectivity index (χ3v) is 4.19. The molecule has 0 spiro atoms. The van der Waals surface area contributed by atoms with Gasteiger partial charge >= 0.3 is 12.0 Å². The molecule has 1 unspecified atom stereocenters. The summed E-state index contributed by atoms with van der Waals surface area (Å²) in [5.74, 6) is -0.640. The van der Waals surface area contributed by atoms with E-state index in [1.54, 1.807) is 0 Å². The van der Waals surface area contributed by atoms with Gasteiger partial charge in [-0.15, -0.1) is 0 Å². The Kier molecular flexibility index (Phi) is 6.49. The number of rotatable bonds is 5. The normalized spacial score (nSPS) is 18.4. The van der Waals surface area contributed by atoms with E-state index >= 15 is 0 Å². The average molecular weight is 298 g/mol. The van der Waals surface area contributed by atoms with Crippen molar-refractivity contribution < 1.29 is 14.7 Å². The van der Waals surface area contributed by atoms with E-state index in [2.05, 4.69) is 12.2 Å². The molecule has 0 saturated carbocycles. The molecule has 1 fully saturated rings. The highest BCUT2D eigenvalue weighted by molar-refractivity contribution is 5.76. The first-order valence-electron chi connectivity index (χ1n) is 7.98. The second-order valence-electron chi connectivity index (χ2n) is 7.32. The van der Waals surface area contributed by atoms with Crippen LogP contribution in [0.5, 0.6) is 0 Å². The van der Waals surface area contributed by atoms with Crippen LogP contribution in [0.1, 0.15) is 53.4 Å². The molecule has 0 aromatic carbocycles. The fourth-order valence-corrected chi connectivity index (χ4v) is 2.85. The molecule has 0 radical (unpaired) electrons. The van der Waals surface area contributed by atoms with Crippen LogP contribution in [0.2, 0.25) is 0 Å². The molecule has 1 rings (SSSR count). The summed E-state index contributed by atoms with van der Waals surface area (Å²) in [4.78, 5) is 25.2. The molecule has 122 valence electrons. The lowest BCUT2D eigenvalue weighted by Crippen LogP contribution is -2.46. The zero-order chi connectivity index (χ0) is 16.0. The maximum atomic E-state index is 12.1. The molecule has 0 aliphatic carbocycles. The first-order valence-corrected chi connectivity index (χ1v) is 7.98. The minimum absolute atomic E-state index is 0.0622.